The van der Waals surface area contributed by atoms with Crippen molar-refractivity contribution in [2.45, 2.75) is 31.6 Å². The second-order valence-electron chi connectivity index (χ2n) is 8.04. The van der Waals surface area contributed by atoms with Crippen molar-refractivity contribution in [3.8, 4) is 0 Å². The van der Waals surface area contributed by atoms with Crippen LogP contribution in [0.15, 0.2) is 24.5 Å². The molecule has 0 aliphatic carbocycles. The number of hydrogen-bond acceptors (Lipinski definition) is 7. The number of nitrogens with two attached hydrogens (primary N) is 1. The Morgan fingerprint density at radius 3 is 2.62 bits per heavy atom. The van der Waals surface area contributed by atoms with Crippen molar-refractivity contribution in [3.05, 3.63) is 41.2 Å². The standard InChI is InChI=1S/C21H25F3N6O2/c1-12(13-7-14(21(22,23)24)9-15(25)8-13)28-18-16-10-17(30-3-5-32-6-4-30)20(31)29(2)19(16)27-11-26-18/h7-9,11-12,17H,3-6,10,25H2,1-2H3,(H,26,27,28)/t12-,17?/m1/s1. The molecule has 1 aromatic carbocycles. The molecule has 2 aliphatic rings. The lowest BCUT2D eigenvalue weighted by Crippen LogP contribution is -2.55. The number of nitrogen functional groups attached to an aromatic ring is 1. The Kier molecular flexibility index (Phi) is 5.95. The molecule has 0 spiro atoms. The van der Waals surface area contributed by atoms with Gasteiger partial charge in [-0.1, -0.05) is 0 Å². The number of halogens is 3. The molecule has 3 heterocycles. The van der Waals surface area contributed by atoms with Gasteiger partial charge in [-0.15, -0.1) is 0 Å². The van der Waals surface area contributed by atoms with E-state index in [0.717, 1.165) is 17.7 Å². The highest BCUT2D eigenvalue weighted by Crippen LogP contribution is 2.35. The first-order valence-corrected chi connectivity index (χ1v) is 10.3. The number of likely N-dealkylation sites (N-methyl/N-ethyl adjacent to an activating group) is 1. The lowest BCUT2D eigenvalue weighted by Gasteiger charge is -2.39. The SMILES string of the molecule is C[C@@H](Nc1ncnc2c1CC(N1CCOCC1)C(=O)N2C)c1cc(N)cc(C(F)(F)F)c1. The van der Waals surface area contributed by atoms with Crippen molar-refractivity contribution in [3.63, 3.8) is 0 Å². The largest absolute Gasteiger partial charge is 0.416 e. The Labute approximate surface area is 183 Å². The Morgan fingerprint density at radius 1 is 1.22 bits per heavy atom. The van der Waals surface area contributed by atoms with E-state index in [0.29, 0.717) is 49.9 Å². The lowest BCUT2D eigenvalue weighted by molar-refractivity contribution is -0.137. The molecule has 11 heteroatoms. The maximum Gasteiger partial charge on any atom is 0.416 e. The van der Waals surface area contributed by atoms with E-state index in [4.69, 9.17) is 10.5 Å². The van der Waals surface area contributed by atoms with E-state index in [1.807, 2.05) is 0 Å². The van der Waals surface area contributed by atoms with Crippen LogP contribution in [-0.4, -0.2) is 60.2 Å². The number of aromatic nitrogens is 2. The predicted molar refractivity (Wildman–Crippen MR) is 113 cm³/mol. The van der Waals surface area contributed by atoms with Crippen molar-refractivity contribution in [2.24, 2.45) is 0 Å². The molecule has 0 saturated carbocycles. The number of rotatable bonds is 4. The molecule has 0 bridgehead atoms. The van der Waals surface area contributed by atoms with Crippen molar-refractivity contribution in [1.82, 2.24) is 14.9 Å². The zero-order chi connectivity index (χ0) is 23.0. The van der Waals surface area contributed by atoms with Gasteiger partial charge in [0.15, 0.2) is 0 Å². The summed E-state index contributed by atoms with van der Waals surface area (Å²) in [5, 5.41) is 3.20. The van der Waals surface area contributed by atoms with Crippen LogP contribution in [0.2, 0.25) is 0 Å². The van der Waals surface area contributed by atoms with E-state index in [1.54, 1.807) is 14.0 Å². The van der Waals surface area contributed by atoms with E-state index in [2.05, 4.69) is 20.2 Å². The summed E-state index contributed by atoms with van der Waals surface area (Å²) in [7, 11) is 1.67. The smallest absolute Gasteiger partial charge is 0.399 e. The monoisotopic (exact) mass is 450 g/mol. The van der Waals surface area contributed by atoms with Crippen LogP contribution in [0.25, 0.3) is 0 Å². The number of alkyl halides is 3. The number of carbonyl (C=O) groups is 1. The highest BCUT2D eigenvalue weighted by atomic mass is 19.4. The number of nitrogens with one attached hydrogen (secondary N) is 1. The van der Waals surface area contributed by atoms with Gasteiger partial charge >= 0.3 is 6.18 Å². The third-order valence-corrected chi connectivity index (χ3v) is 5.90. The topological polar surface area (TPSA) is 96.6 Å². The third kappa shape index (κ3) is 4.35. The number of hydrogen-bond donors (Lipinski definition) is 2. The molecule has 172 valence electrons. The summed E-state index contributed by atoms with van der Waals surface area (Å²) in [6, 6.07) is 2.61. The number of amides is 1. The molecular weight excluding hydrogens is 425 g/mol. The van der Waals surface area contributed by atoms with Crippen LogP contribution in [0, 0.1) is 0 Å². The van der Waals surface area contributed by atoms with Crippen LogP contribution in [0.3, 0.4) is 0 Å². The first-order chi connectivity index (χ1) is 15.1. The summed E-state index contributed by atoms with van der Waals surface area (Å²) in [6.45, 7) is 4.15. The number of fused-ring (bicyclic) bond motifs is 1. The molecule has 4 rings (SSSR count). The molecule has 1 fully saturated rings. The van der Waals surface area contributed by atoms with Crippen molar-refractivity contribution < 1.29 is 22.7 Å². The lowest BCUT2D eigenvalue weighted by atomic mass is 9.98. The molecule has 2 aromatic rings. The predicted octanol–water partition coefficient (Wildman–Crippen LogP) is 2.47. The average molecular weight is 450 g/mol. The minimum absolute atomic E-state index is 0.0332. The summed E-state index contributed by atoms with van der Waals surface area (Å²) in [5.41, 5.74) is 6.08. The first-order valence-electron chi connectivity index (χ1n) is 10.3. The van der Waals surface area contributed by atoms with Crippen LogP contribution in [-0.2, 0) is 22.1 Å². The second kappa shape index (κ2) is 8.55. The zero-order valence-corrected chi connectivity index (χ0v) is 17.8. The van der Waals surface area contributed by atoms with Gasteiger partial charge in [0.2, 0.25) is 5.91 Å². The van der Waals surface area contributed by atoms with Crippen LogP contribution >= 0.6 is 0 Å². The Bertz CT molecular complexity index is 1010. The summed E-state index contributed by atoms with van der Waals surface area (Å²) in [5.74, 6) is 0.923. The number of morpholine rings is 1. The van der Waals surface area contributed by atoms with Gasteiger partial charge < -0.3 is 15.8 Å². The van der Waals surface area contributed by atoms with Gasteiger partial charge in [0.25, 0.3) is 0 Å². The average Bonchev–Trinajstić information content (AvgIpc) is 2.76. The van der Waals surface area contributed by atoms with Crippen molar-refractivity contribution in [1.29, 1.82) is 0 Å². The number of carbonyl (C=O) groups excluding carboxylic acids is 1. The summed E-state index contributed by atoms with van der Waals surface area (Å²) >= 11 is 0. The highest BCUT2D eigenvalue weighted by molar-refractivity contribution is 5.99. The van der Waals surface area contributed by atoms with Crippen LogP contribution in [0.1, 0.15) is 29.7 Å². The van der Waals surface area contributed by atoms with Gasteiger partial charge in [-0.3, -0.25) is 14.6 Å². The molecule has 1 amide bonds. The Balaban J connectivity index is 1.63. The molecule has 1 saturated heterocycles. The maximum atomic E-state index is 13.2. The first kappa shape index (κ1) is 22.3. The normalized spacial score (nSPS) is 20.7. The molecule has 0 radical (unpaired) electrons. The van der Waals surface area contributed by atoms with Crippen LogP contribution in [0.5, 0.6) is 0 Å². The molecule has 1 aromatic heterocycles. The van der Waals surface area contributed by atoms with E-state index in [1.165, 1.54) is 17.3 Å². The molecule has 2 aliphatic heterocycles. The van der Waals surface area contributed by atoms with Gasteiger partial charge in [0.1, 0.15) is 18.0 Å². The fourth-order valence-electron chi connectivity index (χ4n) is 4.17. The number of nitrogens with zero attached hydrogens (tertiary/aromatic N) is 4. The van der Waals surface area contributed by atoms with Gasteiger partial charge in [-0.2, -0.15) is 13.2 Å². The molecule has 2 atom stereocenters. The highest BCUT2D eigenvalue weighted by Gasteiger charge is 2.38. The van der Waals surface area contributed by atoms with Gasteiger partial charge in [-0.25, -0.2) is 9.97 Å². The Hall–Kier alpha value is -2.92. The fourth-order valence-corrected chi connectivity index (χ4v) is 4.17. The number of ether oxygens (including phenoxy) is 1. The van der Waals surface area contributed by atoms with Crippen LogP contribution < -0.4 is 16.0 Å². The maximum absolute atomic E-state index is 13.2. The molecule has 3 N–H and O–H groups in total. The fraction of sp³-hybridized carbons (Fsp3) is 0.476. The summed E-state index contributed by atoms with van der Waals surface area (Å²) < 4.78 is 45.0. The van der Waals surface area contributed by atoms with E-state index < -0.39 is 17.8 Å². The van der Waals surface area contributed by atoms with E-state index >= 15 is 0 Å². The summed E-state index contributed by atoms with van der Waals surface area (Å²) in [6.07, 6.45) is -2.75. The van der Waals surface area contributed by atoms with E-state index in [-0.39, 0.29) is 17.6 Å². The Morgan fingerprint density at radius 2 is 1.94 bits per heavy atom. The number of anilines is 3. The molecule has 1 unspecified atom stereocenters. The molecular formula is C21H25F3N6O2. The molecule has 8 nitrogen and oxygen atoms in total. The minimum atomic E-state index is -4.49. The van der Waals surface area contributed by atoms with Gasteiger partial charge in [0, 0.05) is 37.8 Å². The van der Waals surface area contributed by atoms with Gasteiger partial charge in [-0.05, 0) is 30.7 Å². The number of benzene rings is 1. The van der Waals surface area contributed by atoms with Gasteiger partial charge in [0.05, 0.1) is 30.9 Å². The van der Waals surface area contributed by atoms with Crippen molar-refractivity contribution in [2.75, 3.05) is 49.3 Å². The van der Waals surface area contributed by atoms with E-state index in [9.17, 15) is 18.0 Å². The zero-order valence-electron chi connectivity index (χ0n) is 17.8. The molecule has 32 heavy (non-hydrogen) atoms. The van der Waals surface area contributed by atoms with Crippen molar-refractivity contribution >= 4 is 23.2 Å². The second-order valence-corrected chi connectivity index (χ2v) is 8.04. The van der Waals surface area contributed by atoms with Crippen LogP contribution in [0.4, 0.5) is 30.5 Å². The minimum Gasteiger partial charge on any atom is -0.399 e. The third-order valence-electron chi connectivity index (χ3n) is 5.90. The quantitative estimate of drug-likeness (QED) is 0.691. The summed E-state index contributed by atoms with van der Waals surface area (Å²) in [4.78, 5) is 25.2.